The van der Waals surface area contributed by atoms with Crippen molar-refractivity contribution in [3.8, 4) is 0 Å². The molecule has 1 atom stereocenters. The minimum atomic E-state index is -0.403. The van der Waals surface area contributed by atoms with Gasteiger partial charge in [-0.15, -0.1) is 0 Å². The maximum Gasteiger partial charge on any atom is 0.241 e. The summed E-state index contributed by atoms with van der Waals surface area (Å²) >= 11 is 0. The molecule has 0 saturated carbocycles. The Morgan fingerprint density at radius 1 is 1.47 bits per heavy atom. The van der Waals surface area contributed by atoms with Crippen LogP contribution in [0.4, 0.5) is 10.2 Å². The molecule has 0 aliphatic carbocycles. The average molecular weight is 239 g/mol. The Morgan fingerprint density at radius 2 is 2.24 bits per heavy atom. The lowest BCUT2D eigenvalue weighted by molar-refractivity contribution is -0.124. The van der Waals surface area contributed by atoms with E-state index in [2.05, 4.69) is 15.8 Å². The van der Waals surface area contributed by atoms with E-state index in [0.717, 1.165) is 25.5 Å². The van der Waals surface area contributed by atoms with Gasteiger partial charge in [-0.05, 0) is 25.0 Å². The van der Waals surface area contributed by atoms with Gasteiger partial charge in [-0.25, -0.2) is 9.37 Å². The van der Waals surface area contributed by atoms with Gasteiger partial charge in [0.15, 0.2) is 0 Å². The summed E-state index contributed by atoms with van der Waals surface area (Å²) in [4.78, 5) is 15.5. The number of carbonyl (C=O) groups excluding carboxylic acids is 1. The number of hydrogen-bond donors (Lipinski definition) is 2. The van der Waals surface area contributed by atoms with Crippen molar-refractivity contribution in [2.24, 2.45) is 5.92 Å². The largest absolute Gasteiger partial charge is 0.282 e. The fourth-order valence-electron chi connectivity index (χ4n) is 1.55. The highest BCUT2D eigenvalue weighted by molar-refractivity contribution is 5.79. The molecule has 0 radical (unpaired) electrons. The first-order chi connectivity index (χ1) is 8.17. The van der Waals surface area contributed by atoms with E-state index >= 15 is 0 Å². The minimum Gasteiger partial charge on any atom is -0.282 e. The number of hydrogen-bond acceptors (Lipinski definition) is 3. The molecule has 94 valence electrons. The van der Waals surface area contributed by atoms with Crippen molar-refractivity contribution in [1.82, 2.24) is 10.4 Å². The van der Waals surface area contributed by atoms with Gasteiger partial charge in [0.05, 0.1) is 6.20 Å². The third kappa shape index (κ3) is 4.38. The monoisotopic (exact) mass is 239 g/mol. The zero-order valence-corrected chi connectivity index (χ0v) is 10.2. The third-order valence-electron chi connectivity index (χ3n) is 2.54. The molecule has 0 saturated heterocycles. The van der Waals surface area contributed by atoms with Crippen molar-refractivity contribution in [2.45, 2.75) is 33.1 Å². The fourth-order valence-corrected chi connectivity index (χ4v) is 1.55. The number of carbonyl (C=O) groups is 1. The molecule has 0 spiro atoms. The van der Waals surface area contributed by atoms with Crippen LogP contribution < -0.4 is 10.9 Å². The molecular formula is C12H18FN3O. The predicted octanol–water partition coefficient (Wildman–Crippen LogP) is 2.49. The number of hydrazine groups is 1. The number of pyridine rings is 1. The molecule has 5 heteroatoms. The van der Waals surface area contributed by atoms with E-state index < -0.39 is 5.82 Å². The van der Waals surface area contributed by atoms with E-state index in [4.69, 9.17) is 0 Å². The SMILES string of the molecule is CCCC(CC)C(=O)NNc1ccc(F)cn1. The van der Waals surface area contributed by atoms with Crippen LogP contribution in [-0.4, -0.2) is 10.9 Å². The second-order valence-corrected chi connectivity index (χ2v) is 3.87. The topological polar surface area (TPSA) is 54.0 Å². The maximum atomic E-state index is 12.6. The van der Waals surface area contributed by atoms with Crippen molar-refractivity contribution < 1.29 is 9.18 Å². The van der Waals surface area contributed by atoms with Crippen molar-refractivity contribution in [3.63, 3.8) is 0 Å². The molecule has 0 fully saturated rings. The van der Waals surface area contributed by atoms with E-state index in [1.54, 1.807) is 0 Å². The van der Waals surface area contributed by atoms with E-state index in [9.17, 15) is 9.18 Å². The normalized spacial score (nSPS) is 11.9. The Kier molecular flexibility index (Phi) is 5.39. The summed E-state index contributed by atoms with van der Waals surface area (Å²) in [6.45, 7) is 4.03. The van der Waals surface area contributed by atoms with Crippen LogP contribution in [0, 0.1) is 11.7 Å². The lowest BCUT2D eigenvalue weighted by atomic mass is 10.0. The van der Waals surface area contributed by atoms with Gasteiger partial charge in [0.25, 0.3) is 0 Å². The van der Waals surface area contributed by atoms with Crippen LogP contribution in [0.1, 0.15) is 33.1 Å². The number of nitrogens with one attached hydrogen (secondary N) is 2. The van der Waals surface area contributed by atoms with Gasteiger partial charge >= 0.3 is 0 Å². The van der Waals surface area contributed by atoms with Crippen LogP contribution in [-0.2, 0) is 4.79 Å². The zero-order valence-electron chi connectivity index (χ0n) is 10.2. The fraction of sp³-hybridized carbons (Fsp3) is 0.500. The molecule has 1 rings (SSSR count). The van der Waals surface area contributed by atoms with Gasteiger partial charge < -0.3 is 0 Å². The van der Waals surface area contributed by atoms with Crippen molar-refractivity contribution in [3.05, 3.63) is 24.1 Å². The van der Waals surface area contributed by atoms with Crippen LogP contribution in [0.3, 0.4) is 0 Å². The quantitative estimate of drug-likeness (QED) is 0.750. The molecule has 1 aromatic rings. The van der Waals surface area contributed by atoms with Crippen LogP contribution in [0.25, 0.3) is 0 Å². The Balaban J connectivity index is 2.44. The van der Waals surface area contributed by atoms with E-state index in [0.29, 0.717) is 5.82 Å². The number of halogens is 1. The first-order valence-electron chi connectivity index (χ1n) is 5.84. The number of nitrogens with zero attached hydrogens (tertiary/aromatic N) is 1. The second kappa shape index (κ2) is 6.83. The molecule has 0 aliphatic rings. The summed E-state index contributed by atoms with van der Waals surface area (Å²) < 4.78 is 12.6. The number of amides is 1. The molecule has 1 heterocycles. The van der Waals surface area contributed by atoms with Gasteiger partial charge in [-0.1, -0.05) is 20.3 Å². The van der Waals surface area contributed by atoms with Crippen LogP contribution >= 0.6 is 0 Å². The van der Waals surface area contributed by atoms with Crippen LogP contribution in [0.2, 0.25) is 0 Å². The molecule has 1 amide bonds. The molecule has 1 aromatic heterocycles. The maximum absolute atomic E-state index is 12.6. The molecule has 4 nitrogen and oxygen atoms in total. The Bertz CT molecular complexity index is 353. The smallest absolute Gasteiger partial charge is 0.241 e. The first-order valence-corrected chi connectivity index (χ1v) is 5.84. The number of aromatic nitrogens is 1. The van der Waals surface area contributed by atoms with Crippen LogP contribution in [0.5, 0.6) is 0 Å². The third-order valence-corrected chi connectivity index (χ3v) is 2.54. The second-order valence-electron chi connectivity index (χ2n) is 3.87. The summed E-state index contributed by atoms with van der Waals surface area (Å²) in [5.74, 6) is -0.0289. The van der Waals surface area contributed by atoms with Crippen molar-refractivity contribution in [1.29, 1.82) is 0 Å². The molecule has 0 aliphatic heterocycles. The summed E-state index contributed by atoms with van der Waals surface area (Å²) in [7, 11) is 0. The predicted molar refractivity (Wildman–Crippen MR) is 64.6 cm³/mol. The standard InChI is InChI=1S/C12H18FN3O/c1-3-5-9(4-2)12(17)16-15-11-7-6-10(13)8-14-11/h6-9H,3-5H2,1-2H3,(H,14,15)(H,16,17). The van der Waals surface area contributed by atoms with Crippen LogP contribution in [0.15, 0.2) is 18.3 Å². The Morgan fingerprint density at radius 3 is 2.76 bits per heavy atom. The molecule has 0 aromatic carbocycles. The molecule has 1 unspecified atom stereocenters. The summed E-state index contributed by atoms with van der Waals surface area (Å²) in [5, 5.41) is 0. The van der Waals surface area contributed by atoms with Gasteiger partial charge in [0.2, 0.25) is 5.91 Å². The van der Waals surface area contributed by atoms with Gasteiger partial charge in [-0.2, -0.15) is 0 Å². The summed E-state index contributed by atoms with van der Waals surface area (Å²) in [6, 6.07) is 2.75. The highest BCUT2D eigenvalue weighted by Crippen LogP contribution is 2.10. The lowest BCUT2D eigenvalue weighted by Gasteiger charge is -2.14. The molecule has 0 bridgehead atoms. The van der Waals surface area contributed by atoms with Gasteiger partial charge in [0.1, 0.15) is 11.6 Å². The summed E-state index contributed by atoms with van der Waals surface area (Å²) in [5.41, 5.74) is 5.25. The molecular weight excluding hydrogens is 221 g/mol. The van der Waals surface area contributed by atoms with Crippen molar-refractivity contribution >= 4 is 11.7 Å². The van der Waals surface area contributed by atoms with Gasteiger partial charge in [-0.3, -0.25) is 15.6 Å². The first kappa shape index (κ1) is 13.4. The lowest BCUT2D eigenvalue weighted by Crippen LogP contribution is -2.35. The summed E-state index contributed by atoms with van der Waals surface area (Å²) in [6.07, 6.45) is 3.73. The molecule has 17 heavy (non-hydrogen) atoms. The van der Waals surface area contributed by atoms with E-state index in [1.165, 1.54) is 12.1 Å². The Labute approximate surface area is 101 Å². The number of anilines is 1. The highest BCUT2D eigenvalue weighted by Gasteiger charge is 2.14. The van der Waals surface area contributed by atoms with Gasteiger partial charge in [0, 0.05) is 5.92 Å². The van der Waals surface area contributed by atoms with E-state index in [1.807, 2.05) is 13.8 Å². The van der Waals surface area contributed by atoms with E-state index in [-0.39, 0.29) is 11.8 Å². The number of rotatable bonds is 6. The minimum absolute atomic E-state index is 0.00736. The van der Waals surface area contributed by atoms with Crippen molar-refractivity contribution in [2.75, 3.05) is 5.43 Å². The highest BCUT2D eigenvalue weighted by atomic mass is 19.1. The molecule has 2 N–H and O–H groups in total. The average Bonchev–Trinajstić information content (AvgIpc) is 2.35. The Hall–Kier alpha value is -1.65. The zero-order chi connectivity index (χ0) is 12.7.